The van der Waals surface area contributed by atoms with Crippen LogP contribution >= 0.6 is 11.3 Å². The molecule has 2 aromatic rings. The molecular weight excluding hydrogens is 402 g/mol. The van der Waals surface area contributed by atoms with Crippen LogP contribution in [-0.2, 0) is 4.74 Å². The van der Waals surface area contributed by atoms with Crippen LogP contribution in [0.3, 0.4) is 0 Å². The molecule has 1 saturated heterocycles. The number of anilines is 1. The molecule has 4 rings (SSSR count). The number of aryl methyl sites for hydroxylation is 1. The van der Waals surface area contributed by atoms with Gasteiger partial charge in [-0.2, -0.15) is 0 Å². The molecule has 162 valence electrons. The van der Waals surface area contributed by atoms with Crippen LogP contribution in [0.4, 0.5) is 5.00 Å². The molecule has 1 aliphatic heterocycles. The van der Waals surface area contributed by atoms with Gasteiger partial charge in [-0.05, 0) is 43.5 Å². The predicted octanol–water partition coefficient (Wildman–Crippen LogP) is 3.67. The summed E-state index contributed by atoms with van der Waals surface area (Å²) in [5.74, 6) is -0.146. The molecule has 0 spiro atoms. The number of hydrogen-bond acceptors (Lipinski definition) is 6. The Balaban J connectivity index is 1.41. The number of ether oxygens (including phenoxy) is 1. The zero-order chi connectivity index (χ0) is 21.0. The summed E-state index contributed by atoms with van der Waals surface area (Å²) in [6.45, 7) is 5.92. The molecule has 2 amide bonds. The molecule has 0 radical (unpaired) electrons. The van der Waals surface area contributed by atoms with Crippen LogP contribution in [0.15, 0.2) is 28.9 Å². The average Bonchev–Trinajstić information content (AvgIpc) is 3.43. The first-order valence-electron chi connectivity index (χ1n) is 10.6. The number of thiophene rings is 1. The number of carbonyl (C=O) groups excluding carboxylic acids is 2. The van der Waals surface area contributed by atoms with E-state index in [4.69, 9.17) is 9.15 Å². The van der Waals surface area contributed by atoms with Crippen molar-refractivity contribution in [2.45, 2.75) is 44.6 Å². The van der Waals surface area contributed by atoms with Crippen molar-refractivity contribution in [2.24, 2.45) is 0 Å². The van der Waals surface area contributed by atoms with E-state index < -0.39 is 0 Å². The molecule has 1 saturated carbocycles. The maximum absolute atomic E-state index is 13.0. The van der Waals surface area contributed by atoms with Crippen molar-refractivity contribution in [3.8, 4) is 0 Å². The number of furan rings is 1. The van der Waals surface area contributed by atoms with E-state index in [1.54, 1.807) is 12.1 Å². The van der Waals surface area contributed by atoms with Gasteiger partial charge < -0.3 is 19.8 Å². The largest absolute Gasteiger partial charge is 0.459 e. The van der Waals surface area contributed by atoms with E-state index >= 15 is 0 Å². The molecular formula is C22H29N3O4S. The second kappa shape index (κ2) is 9.32. The van der Waals surface area contributed by atoms with Crippen LogP contribution in [0, 0.1) is 6.92 Å². The minimum atomic E-state index is -0.318. The van der Waals surface area contributed by atoms with Crippen molar-refractivity contribution in [1.82, 2.24) is 10.2 Å². The van der Waals surface area contributed by atoms with E-state index in [9.17, 15) is 9.59 Å². The van der Waals surface area contributed by atoms with Crippen LogP contribution < -0.4 is 10.6 Å². The highest BCUT2D eigenvalue weighted by Crippen LogP contribution is 2.34. The molecule has 2 aliphatic rings. The minimum Gasteiger partial charge on any atom is -0.459 e. The topological polar surface area (TPSA) is 83.8 Å². The first-order chi connectivity index (χ1) is 14.6. The first kappa shape index (κ1) is 21.1. The third-order valence-electron chi connectivity index (χ3n) is 6.15. The third-order valence-corrected chi connectivity index (χ3v) is 7.30. The fraction of sp³-hybridized carbons (Fsp3) is 0.545. The summed E-state index contributed by atoms with van der Waals surface area (Å²) >= 11 is 1.30. The summed E-state index contributed by atoms with van der Waals surface area (Å²) in [6, 6.07) is 5.11. The summed E-state index contributed by atoms with van der Waals surface area (Å²) < 4.78 is 10.7. The van der Waals surface area contributed by atoms with Gasteiger partial charge in [-0.3, -0.25) is 14.5 Å². The maximum Gasteiger partial charge on any atom is 0.291 e. The molecule has 7 nitrogen and oxygen atoms in total. The zero-order valence-electron chi connectivity index (χ0n) is 17.4. The quantitative estimate of drug-likeness (QED) is 0.729. The minimum absolute atomic E-state index is 0.0270. The molecule has 2 fully saturated rings. The van der Waals surface area contributed by atoms with E-state index in [0.29, 0.717) is 16.4 Å². The van der Waals surface area contributed by atoms with Crippen LogP contribution in [0.25, 0.3) is 0 Å². The number of hydrogen-bond donors (Lipinski definition) is 2. The van der Waals surface area contributed by atoms with Crippen molar-refractivity contribution >= 4 is 28.2 Å². The Hall–Kier alpha value is -2.16. The van der Waals surface area contributed by atoms with E-state index in [0.717, 1.165) is 44.7 Å². The lowest BCUT2D eigenvalue weighted by molar-refractivity contribution is -0.0361. The van der Waals surface area contributed by atoms with Gasteiger partial charge in [0.1, 0.15) is 0 Å². The second-order valence-electron chi connectivity index (χ2n) is 8.12. The maximum atomic E-state index is 13.0. The van der Waals surface area contributed by atoms with Crippen LogP contribution in [0.5, 0.6) is 0 Å². The Kier molecular flexibility index (Phi) is 6.55. The smallest absolute Gasteiger partial charge is 0.291 e. The van der Waals surface area contributed by atoms with E-state index in [1.807, 2.05) is 13.0 Å². The fourth-order valence-electron chi connectivity index (χ4n) is 4.53. The van der Waals surface area contributed by atoms with E-state index in [1.165, 1.54) is 36.9 Å². The summed E-state index contributed by atoms with van der Waals surface area (Å²) in [6.07, 6.45) is 7.36. The molecule has 0 aromatic carbocycles. The number of carbonyl (C=O) groups is 2. The van der Waals surface area contributed by atoms with Gasteiger partial charge in [0.2, 0.25) is 0 Å². The number of nitrogens with zero attached hydrogens (tertiary/aromatic N) is 1. The highest BCUT2D eigenvalue weighted by molar-refractivity contribution is 7.18. The highest BCUT2D eigenvalue weighted by Gasteiger charge is 2.39. The Labute approximate surface area is 180 Å². The van der Waals surface area contributed by atoms with Crippen LogP contribution in [0.2, 0.25) is 0 Å². The van der Waals surface area contributed by atoms with Crippen molar-refractivity contribution in [3.05, 3.63) is 40.7 Å². The van der Waals surface area contributed by atoms with Crippen molar-refractivity contribution in [1.29, 1.82) is 0 Å². The molecule has 0 bridgehead atoms. The summed E-state index contributed by atoms with van der Waals surface area (Å²) in [4.78, 5) is 28.3. The predicted molar refractivity (Wildman–Crippen MR) is 116 cm³/mol. The van der Waals surface area contributed by atoms with Crippen LogP contribution in [-0.4, -0.2) is 55.1 Å². The van der Waals surface area contributed by atoms with Gasteiger partial charge in [0, 0.05) is 25.2 Å². The van der Waals surface area contributed by atoms with Gasteiger partial charge in [0.15, 0.2) is 5.76 Å². The third kappa shape index (κ3) is 4.61. The standard InChI is InChI=1S/C22H29N3O4S/c1-16-14-18(24-20(26)17-6-5-11-29-17)30-19(16)21(27)23-15-22(7-3-2-4-8-22)25-9-12-28-13-10-25/h5-6,11,14H,2-4,7-10,12-13,15H2,1H3,(H,23,27)(H,24,26). The number of amides is 2. The Morgan fingerprint density at radius 1 is 1.17 bits per heavy atom. The molecule has 30 heavy (non-hydrogen) atoms. The highest BCUT2D eigenvalue weighted by atomic mass is 32.1. The van der Waals surface area contributed by atoms with Crippen molar-refractivity contribution in [3.63, 3.8) is 0 Å². The SMILES string of the molecule is Cc1cc(NC(=O)c2ccco2)sc1C(=O)NCC1(N2CCOCC2)CCCCC1. The summed E-state index contributed by atoms with van der Waals surface area (Å²) in [5, 5.41) is 6.65. The van der Waals surface area contributed by atoms with Gasteiger partial charge >= 0.3 is 0 Å². The first-order valence-corrected chi connectivity index (χ1v) is 11.5. The van der Waals surface area contributed by atoms with E-state index in [2.05, 4.69) is 15.5 Å². The van der Waals surface area contributed by atoms with Gasteiger partial charge in [-0.25, -0.2) is 0 Å². The lowest BCUT2D eigenvalue weighted by Gasteiger charge is -2.48. The lowest BCUT2D eigenvalue weighted by Crippen LogP contribution is -2.59. The number of rotatable bonds is 6. The normalized spacial score (nSPS) is 19.4. The Bertz CT molecular complexity index is 865. The fourth-order valence-corrected chi connectivity index (χ4v) is 5.51. The second-order valence-corrected chi connectivity index (χ2v) is 9.17. The molecule has 3 heterocycles. The van der Waals surface area contributed by atoms with Gasteiger partial charge in [-0.15, -0.1) is 11.3 Å². The molecule has 2 N–H and O–H groups in total. The monoisotopic (exact) mass is 431 g/mol. The summed E-state index contributed by atoms with van der Waals surface area (Å²) in [7, 11) is 0. The number of morpholine rings is 1. The van der Waals surface area contributed by atoms with E-state index in [-0.39, 0.29) is 23.1 Å². The lowest BCUT2D eigenvalue weighted by atomic mass is 9.79. The Morgan fingerprint density at radius 2 is 1.93 bits per heavy atom. The molecule has 8 heteroatoms. The number of nitrogens with one attached hydrogen (secondary N) is 2. The summed E-state index contributed by atoms with van der Waals surface area (Å²) in [5.41, 5.74) is 0.885. The van der Waals surface area contributed by atoms with Crippen molar-refractivity contribution in [2.75, 3.05) is 38.2 Å². The molecule has 0 atom stereocenters. The molecule has 2 aromatic heterocycles. The van der Waals surface area contributed by atoms with Crippen LogP contribution in [0.1, 0.15) is 57.9 Å². The Morgan fingerprint density at radius 3 is 2.63 bits per heavy atom. The molecule has 0 unspecified atom stereocenters. The zero-order valence-corrected chi connectivity index (χ0v) is 18.2. The van der Waals surface area contributed by atoms with Gasteiger partial charge in [0.25, 0.3) is 11.8 Å². The van der Waals surface area contributed by atoms with Gasteiger partial charge in [-0.1, -0.05) is 19.3 Å². The average molecular weight is 432 g/mol. The van der Waals surface area contributed by atoms with Gasteiger partial charge in [0.05, 0.1) is 29.4 Å². The van der Waals surface area contributed by atoms with Crippen molar-refractivity contribution < 1.29 is 18.7 Å². The molecule has 1 aliphatic carbocycles.